The highest BCUT2D eigenvalue weighted by Gasteiger charge is 2.27. The van der Waals surface area contributed by atoms with Crippen molar-refractivity contribution >= 4 is 11.7 Å². The molecule has 1 aromatic heterocycles. The van der Waals surface area contributed by atoms with Crippen LogP contribution in [0.3, 0.4) is 0 Å². The molecule has 3 N–H and O–H groups in total. The number of nitrogens with one attached hydrogen (secondary N) is 1. The number of rotatable bonds is 5. The minimum absolute atomic E-state index is 0.0237. The van der Waals surface area contributed by atoms with Crippen LogP contribution in [0.25, 0.3) is 0 Å². The number of nitrogens with zero attached hydrogens (tertiary/aromatic N) is 2. The van der Waals surface area contributed by atoms with E-state index in [1.807, 2.05) is 0 Å². The zero-order valence-electron chi connectivity index (χ0n) is 7.79. The summed E-state index contributed by atoms with van der Waals surface area (Å²) in [4.78, 5) is 0. The van der Waals surface area contributed by atoms with Crippen LogP contribution >= 0.6 is 11.7 Å². The number of nitrogens with two attached hydrogens (primary N) is 1. The van der Waals surface area contributed by atoms with Crippen molar-refractivity contribution < 1.29 is 13.2 Å². The van der Waals surface area contributed by atoms with E-state index in [0.29, 0.717) is 12.1 Å². The van der Waals surface area contributed by atoms with E-state index in [1.165, 1.54) is 6.20 Å². The van der Waals surface area contributed by atoms with Crippen molar-refractivity contribution in [3.05, 3.63) is 11.9 Å². The lowest BCUT2D eigenvalue weighted by molar-refractivity contribution is -0.135. The van der Waals surface area contributed by atoms with E-state index in [9.17, 15) is 13.2 Å². The van der Waals surface area contributed by atoms with Gasteiger partial charge in [-0.25, -0.2) is 0 Å². The van der Waals surface area contributed by atoms with E-state index in [-0.39, 0.29) is 12.5 Å². The number of alkyl halides is 3. The summed E-state index contributed by atoms with van der Waals surface area (Å²) < 4.78 is 43.3. The molecule has 0 aliphatic rings. The van der Waals surface area contributed by atoms with Gasteiger partial charge in [0.05, 0.1) is 29.7 Å². The van der Waals surface area contributed by atoms with Crippen LogP contribution in [0.2, 0.25) is 0 Å². The predicted molar refractivity (Wildman–Crippen MR) is 49.9 cm³/mol. The fourth-order valence-electron chi connectivity index (χ4n) is 1.15. The molecule has 4 nitrogen and oxygen atoms in total. The van der Waals surface area contributed by atoms with Gasteiger partial charge in [0.25, 0.3) is 0 Å². The lowest BCUT2D eigenvalue weighted by atomic mass is 10.1. The van der Waals surface area contributed by atoms with Gasteiger partial charge in [-0.15, -0.1) is 0 Å². The summed E-state index contributed by atoms with van der Waals surface area (Å²) in [6.45, 7) is 0. The van der Waals surface area contributed by atoms with Gasteiger partial charge in [-0.1, -0.05) is 0 Å². The summed E-state index contributed by atoms with van der Waals surface area (Å²) in [6.07, 6.45) is -3.09. The third-order valence-electron chi connectivity index (χ3n) is 1.89. The number of aromatic nitrogens is 2. The van der Waals surface area contributed by atoms with Crippen molar-refractivity contribution in [2.75, 3.05) is 0 Å². The van der Waals surface area contributed by atoms with Crippen LogP contribution in [-0.4, -0.2) is 14.9 Å². The molecule has 1 heterocycles. The van der Waals surface area contributed by atoms with Crippen LogP contribution in [0.4, 0.5) is 13.2 Å². The first-order valence-corrected chi connectivity index (χ1v) is 5.06. The number of hydrogen-bond acceptors (Lipinski definition) is 5. The molecular weight excluding hydrogens is 229 g/mol. The van der Waals surface area contributed by atoms with Crippen molar-refractivity contribution in [3.63, 3.8) is 0 Å². The van der Waals surface area contributed by atoms with E-state index >= 15 is 0 Å². The zero-order chi connectivity index (χ0) is 11.3. The van der Waals surface area contributed by atoms with Crippen LogP contribution < -0.4 is 11.3 Å². The fourth-order valence-corrected chi connectivity index (χ4v) is 1.62. The number of hydrogen-bond donors (Lipinski definition) is 2. The van der Waals surface area contributed by atoms with Crippen LogP contribution in [0, 0.1) is 0 Å². The van der Waals surface area contributed by atoms with Crippen LogP contribution in [-0.2, 0) is 0 Å². The average Bonchev–Trinajstić information content (AvgIpc) is 2.63. The minimum Gasteiger partial charge on any atom is -0.271 e. The van der Waals surface area contributed by atoms with Crippen molar-refractivity contribution in [3.8, 4) is 0 Å². The summed E-state index contributed by atoms with van der Waals surface area (Å²) in [7, 11) is 0. The highest BCUT2D eigenvalue weighted by Crippen LogP contribution is 2.25. The summed E-state index contributed by atoms with van der Waals surface area (Å²) >= 11 is 1.00. The van der Waals surface area contributed by atoms with E-state index < -0.39 is 12.6 Å². The lowest BCUT2D eigenvalue weighted by Crippen LogP contribution is -2.28. The van der Waals surface area contributed by atoms with Crippen molar-refractivity contribution in [1.29, 1.82) is 0 Å². The number of hydrazine groups is 1. The Kier molecular flexibility index (Phi) is 4.43. The Morgan fingerprint density at radius 2 is 2.27 bits per heavy atom. The maximum Gasteiger partial charge on any atom is 0.389 e. The topological polar surface area (TPSA) is 63.8 Å². The molecule has 0 aromatic carbocycles. The van der Waals surface area contributed by atoms with Gasteiger partial charge in [0.2, 0.25) is 0 Å². The first-order chi connectivity index (χ1) is 7.03. The van der Waals surface area contributed by atoms with Crippen molar-refractivity contribution in [1.82, 2.24) is 14.2 Å². The molecule has 0 radical (unpaired) electrons. The zero-order valence-corrected chi connectivity index (χ0v) is 8.61. The molecule has 1 aromatic rings. The smallest absolute Gasteiger partial charge is 0.271 e. The van der Waals surface area contributed by atoms with Gasteiger partial charge in [0, 0.05) is 6.42 Å². The molecule has 1 atom stereocenters. The van der Waals surface area contributed by atoms with Crippen LogP contribution in [0.15, 0.2) is 6.20 Å². The van der Waals surface area contributed by atoms with E-state index in [4.69, 9.17) is 5.84 Å². The largest absolute Gasteiger partial charge is 0.389 e. The molecule has 1 rings (SSSR count). The van der Waals surface area contributed by atoms with Gasteiger partial charge in [-0.05, 0) is 12.8 Å². The second-order valence-corrected chi connectivity index (χ2v) is 3.62. The third kappa shape index (κ3) is 4.54. The van der Waals surface area contributed by atoms with Gasteiger partial charge in [0.15, 0.2) is 0 Å². The monoisotopic (exact) mass is 240 g/mol. The molecule has 0 spiro atoms. The second-order valence-electron chi connectivity index (χ2n) is 3.06. The van der Waals surface area contributed by atoms with Gasteiger partial charge >= 0.3 is 6.18 Å². The molecule has 0 saturated carbocycles. The average molecular weight is 240 g/mol. The molecule has 86 valence electrons. The molecule has 0 bridgehead atoms. The van der Waals surface area contributed by atoms with Gasteiger partial charge in [-0.2, -0.15) is 21.9 Å². The SMILES string of the molecule is NNC(CCCC(F)(F)F)c1cnsn1. The Bertz CT molecular complexity index is 274. The quantitative estimate of drug-likeness (QED) is 0.608. The Hall–Kier alpha value is -0.730. The summed E-state index contributed by atoms with van der Waals surface area (Å²) in [5.41, 5.74) is 3.02. The lowest BCUT2D eigenvalue weighted by Gasteiger charge is -2.13. The predicted octanol–water partition coefficient (Wildman–Crippen LogP) is 1.78. The fraction of sp³-hybridized carbons (Fsp3) is 0.714. The summed E-state index contributed by atoms with van der Waals surface area (Å²) in [5, 5.41) is 0. The van der Waals surface area contributed by atoms with Crippen molar-refractivity contribution in [2.45, 2.75) is 31.5 Å². The first-order valence-electron chi connectivity index (χ1n) is 4.33. The minimum atomic E-state index is -4.11. The Balaban J connectivity index is 2.36. The number of halogens is 3. The Morgan fingerprint density at radius 1 is 1.53 bits per heavy atom. The maximum absolute atomic E-state index is 11.9. The highest BCUT2D eigenvalue weighted by atomic mass is 32.1. The maximum atomic E-state index is 11.9. The van der Waals surface area contributed by atoms with E-state index in [2.05, 4.69) is 14.2 Å². The van der Waals surface area contributed by atoms with Crippen LogP contribution in [0.5, 0.6) is 0 Å². The van der Waals surface area contributed by atoms with E-state index in [1.54, 1.807) is 0 Å². The molecule has 15 heavy (non-hydrogen) atoms. The third-order valence-corrected chi connectivity index (χ3v) is 2.38. The summed E-state index contributed by atoms with van der Waals surface area (Å²) in [6, 6.07) is -0.355. The first kappa shape index (κ1) is 12.3. The molecule has 0 aliphatic heterocycles. The second kappa shape index (κ2) is 5.38. The molecular formula is C7H11F3N4S. The molecule has 0 amide bonds. The standard InChI is InChI=1S/C7H11F3N4S/c8-7(9,10)3-1-2-5(13-11)6-4-12-15-14-6/h4-5,13H,1-3,11H2. The molecule has 0 fully saturated rings. The van der Waals surface area contributed by atoms with Gasteiger partial charge in [-0.3, -0.25) is 11.3 Å². The molecule has 1 unspecified atom stereocenters. The molecule has 0 aliphatic carbocycles. The van der Waals surface area contributed by atoms with Gasteiger partial charge in [0.1, 0.15) is 0 Å². The van der Waals surface area contributed by atoms with Crippen molar-refractivity contribution in [2.24, 2.45) is 5.84 Å². The van der Waals surface area contributed by atoms with E-state index in [0.717, 1.165) is 11.7 Å². The Labute approximate surface area is 89.0 Å². The Morgan fingerprint density at radius 3 is 2.73 bits per heavy atom. The molecule has 8 heteroatoms. The summed E-state index contributed by atoms with van der Waals surface area (Å²) in [5.74, 6) is 5.22. The normalized spacial score (nSPS) is 14.1. The molecule has 0 saturated heterocycles. The highest BCUT2D eigenvalue weighted by molar-refractivity contribution is 6.99. The van der Waals surface area contributed by atoms with Crippen LogP contribution in [0.1, 0.15) is 31.0 Å². The van der Waals surface area contributed by atoms with Gasteiger partial charge < -0.3 is 0 Å².